The maximum absolute atomic E-state index is 11.9. The third-order valence-corrected chi connectivity index (χ3v) is 3.37. The largest absolute Gasteiger partial charge is 0.462 e. The monoisotopic (exact) mass is 262 g/mol. The molecule has 0 aliphatic carbocycles. The molecule has 2 nitrogen and oxygen atoms in total. The maximum Gasteiger partial charge on any atom is 0.338 e. The van der Waals surface area contributed by atoms with Crippen LogP contribution in [0.5, 0.6) is 0 Å². The Bertz CT molecular complexity index is 346. The number of carbonyl (C=O) groups excluding carboxylic acids is 1. The molecule has 0 saturated carbocycles. The second-order valence-electron chi connectivity index (χ2n) is 5.11. The van der Waals surface area contributed by atoms with Crippen LogP contribution in [0.15, 0.2) is 30.3 Å². The summed E-state index contributed by atoms with van der Waals surface area (Å²) in [7, 11) is 0. The minimum absolute atomic E-state index is 0.197. The van der Waals surface area contributed by atoms with Crippen LogP contribution < -0.4 is 0 Å². The molecule has 1 unspecified atom stereocenters. The first-order valence-corrected chi connectivity index (χ1v) is 7.50. The molecule has 0 N–H and O–H groups in total. The summed E-state index contributed by atoms with van der Waals surface area (Å²) in [6.45, 7) is 4.96. The molecule has 0 saturated heterocycles. The van der Waals surface area contributed by atoms with Gasteiger partial charge in [-0.05, 0) is 30.9 Å². The molecule has 0 bridgehead atoms. The van der Waals surface area contributed by atoms with Gasteiger partial charge in [-0.1, -0.05) is 57.7 Å². The van der Waals surface area contributed by atoms with E-state index in [-0.39, 0.29) is 5.97 Å². The van der Waals surface area contributed by atoms with Gasteiger partial charge in [0, 0.05) is 0 Å². The second-order valence-corrected chi connectivity index (χ2v) is 5.11. The first kappa shape index (κ1) is 15.7. The zero-order chi connectivity index (χ0) is 13.9. The van der Waals surface area contributed by atoms with E-state index in [2.05, 4.69) is 13.8 Å². The molecule has 2 heteroatoms. The fourth-order valence-electron chi connectivity index (χ4n) is 2.25. The lowest BCUT2D eigenvalue weighted by Crippen LogP contribution is -2.14. The van der Waals surface area contributed by atoms with Crippen molar-refractivity contribution in [3.63, 3.8) is 0 Å². The number of ether oxygens (including phenoxy) is 1. The molecule has 1 rings (SSSR count). The first-order valence-electron chi connectivity index (χ1n) is 7.50. The predicted molar refractivity (Wildman–Crippen MR) is 79.3 cm³/mol. The van der Waals surface area contributed by atoms with Crippen LogP contribution in [-0.4, -0.2) is 12.6 Å². The van der Waals surface area contributed by atoms with Gasteiger partial charge in [-0.3, -0.25) is 0 Å². The normalized spacial score (nSPS) is 12.1. The van der Waals surface area contributed by atoms with Crippen LogP contribution in [0.2, 0.25) is 0 Å². The molecule has 19 heavy (non-hydrogen) atoms. The van der Waals surface area contributed by atoms with E-state index in [1.165, 1.54) is 25.7 Å². The highest BCUT2D eigenvalue weighted by Gasteiger charge is 2.12. The Hall–Kier alpha value is -1.31. The summed E-state index contributed by atoms with van der Waals surface area (Å²) in [6.07, 6.45) is 7.22. The lowest BCUT2D eigenvalue weighted by atomic mass is 9.97. The molecule has 0 fully saturated rings. The molecule has 0 aliphatic rings. The third-order valence-electron chi connectivity index (χ3n) is 3.37. The van der Waals surface area contributed by atoms with Crippen molar-refractivity contribution in [2.75, 3.05) is 6.61 Å². The smallest absolute Gasteiger partial charge is 0.338 e. The molecule has 0 amide bonds. The first-order chi connectivity index (χ1) is 9.27. The van der Waals surface area contributed by atoms with E-state index in [1.54, 1.807) is 12.1 Å². The van der Waals surface area contributed by atoms with Crippen molar-refractivity contribution in [1.82, 2.24) is 0 Å². The van der Waals surface area contributed by atoms with Crippen LogP contribution >= 0.6 is 0 Å². The van der Waals surface area contributed by atoms with Gasteiger partial charge in [0.15, 0.2) is 0 Å². The number of esters is 1. The Kier molecular flexibility index (Phi) is 7.95. The number of hydrogen-bond acceptors (Lipinski definition) is 2. The molecule has 0 spiro atoms. The molecule has 1 aromatic carbocycles. The van der Waals surface area contributed by atoms with Gasteiger partial charge in [0.1, 0.15) is 0 Å². The van der Waals surface area contributed by atoms with Gasteiger partial charge in [0.05, 0.1) is 12.2 Å². The van der Waals surface area contributed by atoms with Gasteiger partial charge in [-0.15, -0.1) is 0 Å². The van der Waals surface area contributed by atoms with Crippen LogP contribution in [0.4, 0.5) is 0 Å². The van der Waals surface area contributed by atoms with E-state index >= 15 is 0 Å². The number of rotatable bonds is 9. The summed E-state index contributed by atoms with van der Waals surface area (Å²) in [4.78, 5) is 11.9. The highest BCUT2D eigenvalue weighted by atomic mass is 16.5. The Morgan fingerprint density at radius 2 is 1.79 bits per heavy atom. The van der Waals surface area contributed by atoms with Gasteiger partial charge in [-0.2, -0.15) is 0 Å². The summed E-state index contributed by atoms with van der Waals surface area (Å²) < 4.78 is 5.43. The zero-order valence-corrected chi connectivity index (χ0v) is 12.2. The van der Waals surface area contributed by atoms with Crippen LogP contribution in [-0.2, 0) is 4.74 Å². The molecule has 1 atom stereocenters. The topological polar surface area (TPSA) is 26.3 Å². The Labute approximate surface area is 117 Å². The highest BCUT2D eigenvalue weighted by Crippen LogP contribution is 2.17. The molecule has 0 aliphatic heterocycles. The van der Waals surface area contributed by atoms with Crippen LogP contribution in [0.25, 0.3) is 0 Å². The fourth-order valence-corrected chi connectivity index (χ4v) is 2.25. The standard InChI is InChI=1S/C17H26O2/c1-3-5-7-11-15(10-4-2)14-19-17(18)16-12-8-6-9-13-16/h6,8-9,12-13,15H,3-5,7,10-11,14H2,1-2H3. The molecule has 0 heterocycles. The van der Waals surface area contributed by atoms with Crippen molar-refractivity contribution in [1.29, 1.82) is 0 Å². The van der Waals surface area contributed by atoms with E-state index in [0.717, 1.165) is 12.8 Å². The highest BCUT2D eigenvalue weighted by molar-refractivity contribution is 5.89. The molecule has 0 aromatic heterocycles. The summed E-state index contributed by atoms with van der Waals surface area (Å²) in [5.74, 6) is 0.321. The molecule has 1 aromatic rings. The molecular weight excluding hydrogens is 236 g/mol. The van der Waals surface area contributed by atoms with Crippen LogP contribution in [0, 0.1) is 5.92 Å². The summed E-state index contributed by atoms with van der Waals surface area (Å²) in [6, 6.07) is 9.23. The van der Waals surface area contributed by atoms with Gasteiger partial charge >= 0.3 is 5.97 Å². The summed E-state index contributed by atoms with van der Waals surface area (Å²) in [5.41, 5.74) is 0.645. The second kappa shape index (κ2) is 9.60. The van der Waals surface area contributed by atoms with E-state index in [9.17, 15) is 4.79 Å². The van der Waals surface area contributed by atoms with Crippen molar-refractivity contribution in [3.05, 3.63) is 35.9 Å². The number of unbranched alkanes of at least 4 members (excludes halogenated alkanes) is 2. The molecular formula is C17H26O2. The van der Waals surface area contributed by atoms with E-state index in [4.69, 9.17) is 4.74 Å². The van der Waals surface area contributed by atoms with Gasteiger partial charge in [0.2, 0.25) is 0 Å². The lowest BCUT2D eigenvalue weighted by Gasteiger charge is -2.16. The Morgan fingerprint density at radius 1 is 1.05 bits per heavy atom. The predicted octanol–water partition coefficient (Wildman–Crippen LogP) is 4.84. The van der Waals surface area contributed by atoms with Crippen molar-refractivity contribution in [2.45, 2.75) is 52.4 Å². The minimum atomic E-state index is -0.197. The van der Waals surface area contributed by atoms with Gasteiger partial charge < -0.3 is 4.74 Å². The Balaban J connectivity index is 2.36. The van der Waals surface area contributed by atoms with Gasteiger partial charge in [0.25, 0.3) is 0 Å². The van der Waals surface area contributed by atoms with Gasteiger partial charge in [-0.25, -0.2) is 4.79 Å². The molecule has 0 radical (unpaired) electrons. The average molecular weight is 262 g/mol. The van der Waals surface area contributed by atoms with Crippen molar-refractivity contribution < 1.29 is 9.53 Å². The fraction of sp³-hybridized carbons (Fsp3) is 0.588. The molecule has 106 valence electrons. The maximum atomic E-state index is 11.9. The van der Waals surface area contributed by atoms with E-state index in [1.807, 2.05) is 18.2 Å². The summed E-state index contributed by atoms with van der Waals surface area (Å²) in [5, 5.41) is 0. The van der Waals surface area contributed by atoms with Crippen LogP contribution in [0.1, 0.15) is 62.7 Å². The van der Waals surface area contributed by atoms with Crippen molar-refractivity contribution in [3.8, 4) is 0 Å². The van der Waals surface area contributed by atoms with Crippen molar-refractivity contribution >= 4 is 5.97 Å². The van der Waals surface area contributed by atoms with Crippen LogP contribution in [0.3, 0.4) is 0 Å². The lowest BCUT2D eigenvalue weighted by molar-refractivity contribution is 0.0423. The van der Waals surface area contributed by atoms with Crippen molar-refractivity contribution in [2.24, 2.45) is 5.92 Å². The summed E-state index contributed by atoms with van der Waals surface area (Å²) >= 11 is 0. The average Bonchev–Trinajstić information content (AvgIpc) is 2.45. The zero-order valence-electron chi connectivity index (χ0n) is 12.2. The Morgan fingerprint density at radius 3 is 2.42 bits per heavy atom. The third kappa shape index (κ3) is 6.42. The minimum Gasteiger partial charge on any atom is -0.462 e. The number of benzene rings is 1. The number of hydrogen-bond donors (Lipinski definition) is 0. The van der Waals surface area contributed by atoms with E-state index in [0.29, 0.717) is 18.1 Å². The number of carbonyl (C=O) groups is 1. The quantitative estimate of drug-likeness (QED) is 0.470. The van der Waals surface area contributed by atoms with E-state index < -0.39 is 0 Å². The SMILES string of the molecule is CCCCCC(CCC)COC(=O)c1ccccc1.